The molecular formula is C17H28IN3O2. The first kappa shape index (κ1) is 19.9. The highest BCUT2D eigenvalue weighted by Gasteiger charge is 2.42. The number of nitrogens with two attached hydrogens (primary N) is 1. The van der Waals surface area contributed by atoms with Crippen LogP contribution in [0.1, 0.15) is 33.1 Å². The van der Waals surface area contributed by atoms with Crippen LogP contribution in [0.25, 0.3) is 0 Å². The topological polar surface area (TPSA) is 68.9 Å². The summed E-state index contributed by atoms with van der Waals surface area (Å²) < 4.78 is 10.6. The van der Waals surface area contributed by atoms with Gasteiger partial charge in [-0.3, -0.25) is 4.99 Å². The van der Waals surface area contributed by atoms with Gasteiger partial charge in [0.1, 0.15) is 11.5 Å². The van der Waals surface area contributed by atoms with Crippen LogP contribution in [-0.4, -0.2) is 26.7 Å². The fourth-order valence-corrected chi connectivity index (χ4v) is 2.81. The van der Waals surface area contributed by atoms with Crippen molar-refractivity contribution in [1.29, 1.82) is 0 Å². The molecule has 1 aliphatic rings. The third-order valence-electron chi connectivity index (χ3n) is 4.05. The van der Waals surface area contributed by atoms with Gasteiger partial charge in [-0.2, -0.15) is 0 Å². The minimum atomic E-state index is 0. The molecule has 5 nitrogen and oxygen atoms in total. The van der Waals surface area contributed by atoms with Crippen LogP contribution in [0.2, 0.25) is 0 Å². The summed E-state index contributed by atoms with van der Waals surface area (Å²) in [6.45, 7) is 5.30. The summed E-state index contributed by atoms with van der Waals surface area (Å²) in [5, 5.41) is 3.11. The van der Waals surface area contributed by atoms with E-state index < -0.39 is 0 Å². The molecule has 2 rings (SSSR count). The van der Waals surface area contributed by atoms with Gasteiger partial charge in [-0.15, -0.1) is 24.0 Å². The summed E-state index contributed by atoms with van der Waals surface area (Å²) in [4.78, 5) is 4.52. The molecule has 0 atom stereocenters. The third-order valence-corrected chi connectivity index (χ3v) is 4.05. The van der Waals surface area contributed by atoms with Crippen LogP contribution in [0.5, 0.6) is 11.5 Å². The van der Waals surface area contributed by atoms with Gasteiger partial charge in [0.2, 0.25) is 0 Å². The monoisotopic (exact) mass is 433 g/mol. The van der Waals surface area contributed by atoms with Crippen LogP contribution in [0.15, 0.2) is 23.2 Å². The number of benzene rings is 1. The largest absolute Gasteiger partial charge is 0.497 e. The molecule has 1 saturated carbocycles. The van der Waals surface area contributed by atoms with E-state index in [4.69, 9.17) is 15.2 Å². The molecule has 6 heteroatoms. The summed E-state index contributed by atoms with van der Waals surface area (Å²) in [7, 11) is 3.26. The number of aliphatic imine (C=N–C) groups is 1. The van der Waals surface area contributed by atoms with E-state index in [9.17, 15) is 0 Å². The van der Waals surface area contributed by atoms with Gasteiger partial charge in [0.25, 0.3) is 0 Å². The zero-order valence-corrected chi connectivity index (χ0v) is 16.7. The highest BCUT2D eigenvalue weighted by Crippen LogP contribution is 2.50. The number of hydrogen-bond acceptors (Lipinski definition) is 3. The Kier molecular flexibility index (Phi) is 7.44. The molecule has 3 N–H and O–H groups in total. The van der Waals surface area contributed by atoms with Crippen molar-refractivity contribution in [3.05, 3.63) is 18.2 Å². The van der Waals surface area contributed by atoms with E-state index in [2.05, 4.69) is 24.2 Å². The number of nitrogens with zero attached hydrogens (tertiary/aromatic N) is 1. The molecule has 0 aromatic heterocycles. The van der Waals surface area contributed by atoms with E-state index in [1.807, 2.05) is 18.2 Å². The molecule has 0 aliphatic heterocycles. The van der Waals surface area contributed by atoms with E-state index in [0.29, 0.717) is 23.0 Å². The van der Waals surface area contributed by atoms with Crippen LogP contribution >= 0.6 is 24.0 Å². The lowest BCUT2D eigenvalue weighted by Crippen LogP contribution is -2.24. The van der Waals surface area contributed by atoms with E-state index in [-0.39, 0.29) is 24.0 Å². The van der Waals surface area contributed by atoms with Crippen molar-refractivity contribution in [3.8, 4) is 11.5 Å². The lowest BCUT2D eigenvalue weighted by atomic mass is 9.94. The highest BCUT2D eigenvalue weighted by atomic mass is 127. The molecule has 1 aliphatic carbocycles. The van der Waals surface area contributed by atoms with Crippen LogP contribution < -0.4 is 20.5 Å². The zero-order valence-electron chi connectivity index (χ0n) is 14.4. The van der Waals surface area contributed by atoms with Crippen molar-refractivity contribution in [2.45, 2.75) is 33.1 Å². The molecule has 23 heavy (non-hydrogen) atoms. The quantitative estimate of drug-likeness (QED) is 0.389. The van der Waals surface area contributed by atoms with Gasteiger partial charge in [0, 0.05) is 12.6 Å². The van der Waals surface area contributed by atoms with Crippen LogP contribution in [0, 0.1) is 11.3 Å². The summed E-state index contributed by atoms with van der Waals surface area (Å²) in [5.74, 6) is 2.57. The van der Waals surface area contributed by atoms with Crippen molar-refractivity contribution in [2.24, 2.45) is 22.1 Å². The number of methoxy groups -OCH3 is 2. The second-order valence-corrected chi connectivity index (χ2v) is 6.49. The van der Waals surface area contributed by atoms with Gasteiger partial charge >= 0.3 is 0 Å². The molecule has 0 bridgehead atoms. The SMILES string of the molecule is COc1ccc(OC)c(NC(N)=NCC2(CC(C)C)CC2)c1.I. The Labute approximate surface area is 156 Å². The standard InChI is InChI=1S/C17H27N3O2.HI/c1-12(2)10-17(7-8-17)11-19-16(18)20-14-9-13(21-3)5-6-15(14)22-4;/h5-6,9,12H,7-8,10-11H2,1-4H3,(H3,18,19,20);1H. The Morgan fingerprint density at radius 2 is 2.00 bits per heavy atom. The fourth-order valence-electron chi connectivity index (χ4n) is 2.81. The Balaban J connectivity index is 0.00000264. The number of anilines is 1. The lowest BCUT2D eigenvalue weighted by Gasteiger charge is -2.16. The number of rotatable bonds is 7. The van der Waals surface area contributed by atoms with Crippen molar-refractivity contribution < 1.29 is 9.47 Å². The summed E-state index contributed by atoms with van der Waals surface area (Å²) in [6, 6.07) is 5.54. The zero-order chi connectivity index (χ0) is 16.2. The molecule has 1 aromatic carbocycles. The predicted octanol–water partition coefficient (Wildman–Crippen LogP) is 3.87. The van der Waals surface area contributed by atoms with Crippen LogP contribution in [-0.2, 0) is 0 Å². The van der Waals surface area contributed by atoms with Gasteiger partial charge < -0.3 is 20.5 Å². The van der Waals surface area contributed by atoms with E-state index in [0.717, 1.165) is 18.0 Å². The molecule has 0 spiro atoms. The molecule has 1 fully saturated rings. The van der Waals surface area contributed by atoms with Crippen LogP contribution in [0.4, 0.5) is 5.69 Å². The number of ether oxygens (including phenoxy) is 2. The molecule has 0 unspecified atom stereocenters. The maximum atomic E-state index is 6.03. The molecule has 1 aromatic rings. The Hall–Kier alpha value is -1.18. The Morgan fingerprint density at radius 3 is 2.52 bits per heavy atom. The molecule has 0 saturated heterocycles. The minimum Gasteiger partial charge on any atom is -0.497 e. The van der Waals surface area contributed by atoms with E-state index in [1.54, 1.807) is 14.2 Å². The summed E-state index contributed by atoms with van der Waals surface area (Å²) in [6.07, 6.45) is 3.72. The van der Waals surface area contributed by atoms with Crippen molar-refractivity contribution in [2.75, 3.05) is 26.1 Å². The molecule has 0 radical (unpaired) electrons. The second-order valence-electron chi connectivity index (χ2n) is 6.49. The van der Waals surface area contributed by atoms with Gasteiger partial charge in [-0.05, 0) is 42.7 Å². The maximum absolute atomic E-state index is 6.03. The summed E-state index contributed by atoms with van der Waals surface area (Å²) in [5.41, 5.74) is 7.16. The third kappa shape index (κ3) is 5.75. The molecular weight excluding hydrogens is 405 g/mol. The second kappa shape index (κ2) is 8.61. The molecule has 0 heterocycles. The fraction of sp³-hybridized carbons (Fsp3) is 0.588. The predicted molar refractivity (Wildman–Crippen MR) is 106 cm³/mol. The van der Waals surface area contributed by atoms with Gasteiger partial charge in [0.15, 0.2) is 5.96 Å². The van der Waals surface area contributed by atoms with Crippen molar-refractivity contribution in [1.82, 2.24) is 0 Å². The average molecular weight is 433 g/mol. The minimum absolute atomic E-state index is 0. The molecule has 130 valence electrons. The molecule has 0 amide bonds. The first-order valence-corrected chi connectivity index (χ1v) is 7.77. The Morgan fingerprint density at radius 1 is 1.30 bits per heavy atom. The summed E-state index contributed by atoms with van der Waals surface area (Å²) >= 11 is 0. The van der Waals surface area contributed by atoms with Crippen molar-refractivity contribution >= 4 is 35.6 Å². The number of halogens is 1. The highest BCUT2D eigenvalue weighted by molar-refractivity contribution is 14.0. The first-order chi connectivity index (χ1) is 10.5. The van der Waals surface area contributed by atoms with Gasteiger partial charge in [0.05, 0.1) is 19.9 Å². The Bertz CT molecular complexity index is 543. The normalized spacial score (nSPS) is 15.8. The maximum Gasteiger partial charge on any atom is 0.193 e. The number of hydrogen-bond donors (Lipinski definition) is 2. The van der Waals surface area contributed by atoms with E-state index >= 15 is 0 Å². The van der Waals surface area contributed by atoms with Crippen LogP contribution in [0.3, 0.4) is 0 Å². The average Bonchev–Trinajstić information content (AvgIpc) is 3.24. The number of nitrogens with one attached hydrogen (secondary N) is 1. The number of guanidine groups is 1. The van der Waals surface area contributed by atoms with Crippen molar-refractivity contribution in [3.63, 3.8) is 0 Å². The smallest absolute Gasteiger partial charge is 0.193 e. The lowest BCUT2D eigenvalue weighted by molar-refractivity contribution is 0.399. The van der Waals surface area contributed by atoms with Gasteiger partial charge in [-0.1, -0.05) is 13.8 Å². The van der Waals surface area contributed by atoms with E-state index in [1.165, 1.54) is 19.3 Å². The van der Waals surface area contributed by atoms with Gasteiger partial charge in [-0.25, -0.2) is 0 Å². The first-order valence-electron chi connectivity index (χ1n) is 7.77.